The molecule has 0 radical (unpaired) electrons. The normalized spacial score (nSPS) is 13.9. The van der Waals surface area contributed by atoms with Crippen molar-refractivity contribution in [3.63, 3.8) is 0 Å². The fraction of sp³-hybridized carbons (Fsp3) is 0.526. The molecule has 0 aliphatic heterocycles. The van der Waals surface area contributed by atoms with E-state index in [9.17, 15) is 34.2 Å². The molecule has 1 aromatic heterocycles. The molecule has 3 amide bonds. The number of aromatic nitrogens is 2. The molecule has 0 saturated carbocycles. The number of nitrogens with two attached hydrogens (primary N) is 3. The number of carbonyl (C=O) groups excluding carboxylic acids is 3. The number of carboxylic acid groups (broad SMARTS) is 2. The van der Waals surface area contributed by atoms with Crippen molar-refractivity contribution < 1.29 is 34.2 Å². The van der Waals surface area contributed by atoms with Crippen molar-refractivity contribution >= 4 is 48.2 Å². The largest absolute Gasteiger partial charge is 0.481 e. The first-order valence-electron chi connectivity index (χ1n) is 10.7. The number of aliphatic imine (C=N–C) groups is 1. The van der Waals surface area contributed by atoms with Crippen LogP contribution in [0.2, 0.25) is 0 Å². The zero-order chi connectivity index (χ0) is 27.3. The van der Waals surface area contributed by atoms with Gasteiger partial charge < -0.3 is 48.3 Å². The van der Waals surface area contributed by atoms with Crippen molar-refractivity contribution in [1.29, 1.82) is 0 Å². The highest BCUT2D eigenvalue weighted by Gasteiger charge is 2.31. The van der Waals surface area contributed by atoms with E-state index in [1.54, 1.807) is 0 Å². The topological polar surface area (TPSA) is 281 Å². The molecule has 1 aromatic rings. The molecule has 36 heavy (non-hydrogen) atoms. The first kappa shape index (κ1) is 30.2. The highest BCUT2D eigenvalue weighted by molar-refractivity contribution is 7.80. The molecule has 0 bridgehead atoms. The number of amides is 3. The number of nitrogens with one attached hydrogen (secondary N) is 4. The summed E-state index contributed by atoms with van der Waals surface area (Å²) in [5.41, 5.74) is 16.6. The van der Waals surface area contributed by atoms with Crippen LogP contribution in [-0.4, -0.2) is 92.3 Å². The Bertz CT molecular complexity index is 938. The number of aliphatic carboxylic acids is 2. The number of rotatable bonds is 16. The van der Waals surface area contributed by atoms with Crippen LogP contribution in [0.4, 0.5) is 0 Å². The van der Waals surface area contributed by atoms with Crippen LogP contribution >= 0.6 is 12.6 Å². The van der Waals surface area contributed by atoms with Crippen molar-refractivity contribution in [2.24, 2.45) is 22.2 Å². The lowest BCUT2D eigenvalue weighted by Crippen LogP contribution is -2.57. The Labute approximate surface area is 211 Å². The molecule has 0 aromatic carbocycles. The zero-order valence-electron chi connectivity index (χ0n) is 19.2. The second-order valence-electron chi connectivity index (χ2n) is 7.64. The van der Waals surface area contributed by atoms with E-state index >= 15 is 0 Å². The second kappa shape index (κ2) is 15.2. The number of thiol groups is 1. The quantitative estimate of drug-likeness (QED) is 0.0430. The Morgan fingerprint density at radius 2 is 1.64 bits per heavy atom. The summed E-state index contributed by atoms with van der Waals surface area (Å²) in [5.74, 6) is -5.62. The maximum absolute atomic E-state index is 12.9. The summed E-state index contributed by atoms with van der Waals surface area (Å²) < 4.78 is 0. The molecule has 12 N–H and O–H groups in total. The lowest BCUT2D eigenvalue weighted by atomic mass is 10.1. The van der Waals surface area contributed by atoms with E-state index in [2.05, 4.69) is 43.5 Å². The van der Waals surface area contributed by atoms with Gasteiger partial charge in [-0.25, -0.2) is 9.78 Å². The van der Waals surface area contributed by atoms with Gasteiger partial charge in [0.15, 0.2) is 5.96 Å². The number of aromatic amines is 1. The van der Waals surface area contributed by atoms with Crippen LogP contribution < -0.4 is 33.2 Å². The predicted octanol–water partition coefficient (Wildman–Crippen LogP) is -3.72. The predicted molar refractivity (Wildman–Crippen MR) is 130 cm³/mol. The second-order valence-corrected chi connectivity index (χ2v) is 8.00. The fourth-order valence-corrected chi connectivity index (χ4v) is 3.04. The van der Waals surface area contributed by atoms with Gasteiger partial charge >= 0.3 is 11.9 Å². The molecule has 1 heterocycles. The van der Waals surface area contributed by atoms with E-state index in [1.807, 2.05) is 0 Å². The van der Waals surface area contributed by atoms with E-state index in [4.69, 9.17) is 17.2 Å². The summed E-state index contributed by atoms with van der Waals surface area (Å²) in [6, 6.07) is -5.33. The number of guanidine groups is 1. The summed E-state index contributed by atoms with van der Waals surface area (Å²) in [6.45, 7) is 0.132. The van der Waals surface area contributed by atoms with Crippen LogP contribution in [0, 0.1) is 0 Å². The van der Waals surface area contributed by atoms with Crippen LogP contribution in [0.15, 0.2) is 17.5 Å². The number of carbonyl (C=O) groups is 5. The highest BCUT2D eigenvalue weighted by Crippen LogP contribution is 2.05. The van der Waals surface area contributed by atoms with Crippen LogP contribution in [0.25, 0.3) is 0 Å². The molecule has 1 rings (SSSR count). The molecule has 4 atom stereocenters. The molecular formula is C19H31N9O7S. The zero-order valence-corrected chi connectivity index (χ0v) is 20.1. The smallest absolute Gasteiger partial charge is 0.326 e. The van der Waals surface area contributed by atoms with E-state index < -0.39 is 60.2 Å². The van der Waals surface area contributed by atoms with Crippen molar-refractivity contribution in [3.05, 3.63) is 18.2 Å². The van der Waals surface area contributed by atoms with Crippen molar-refractivity contribution in [3.8, 4) is 0 Å². The average molecular weight is 530 g/mol. The van der Waals surface area contributed by atoms with E-state index in [1.165, 1.54) is 12.5 Å². The van der Waals surface area contributed by atoms with Crippen LogP contribution in [0.5, 0.6) is 0 Å². The fourth-order valence-electron chi connectivity index (χ4n) is 2.88. The third kappa shape index (κ3) is 11.0. The molecule has 0 aliphatic carbocycles. The van der Waals surface area contributed by atoms with Gasteiger partial charge in [-0.15, -0.1) is 0 Å². The summed E-state index contributed by atoms with van der Waals surface area (Å²) in [5, 5.41) is 25.5. The summed E-state index contributed by atoms with van der Waals surface area (Å²) >= 11 is 3.93. The molecular weight excluding hydrogens is 498 g/mol. The number of hydrogen-bond donors (Lipinski definition) is 10. The first-order valence-corrected chi connectivity index (χ1v) is 11.3. The summed E-state index contributed by atoms with van der Waals surface area (Å²) in [7, 11) is 0. The molecule has 0 aliphatic rings. The number of carboxylic acids is 2. The maximum Gasteiger partial charge on any atom is 0.326 e. The third-order valence-electron chi connectivity index (χ3n) is 4.72. The van der Waals surface area contributed by atoms with Gasteiger partial charge in [-0.2, -0.15) is 12.6 Å². The van der Waals surface area contributed by atoms with Gasteiger partial charge in [0.05, 0.1) is 18.8 Å². The van der Waals surface area contributed by atoms with Crippen LogP contribution in [0.1, 0.15) is 25.0 Å². The first-order chi connectivity index (χ1) is 16.9. The van der Waals surface area contributed by atoms with Crippen molar-refractivity contribution in [2.45, 2.75) is 49.9 Å². The number of imidazole rings is 1. The van der Waals surface area contributed by atoms with Gasteiger partial charge in [-0.3, -0.25) is 24.2 Å². The lowest BCUT2D eigenvalue weighted by molar-refractivity contribution is -0.143. The molecule has 16 nitrogen and oxygen atoms in total. The molecule has 0 fully saturated rings. The molecule has 4 unspecified atom stereocenters. The Kier molecular flexibility index (Phi) is 12.7. The van der Waals surface area contributed by atoms with E-state index in [-0.39, 0.29) is 37.5 Å². The highest BCUT2D eigenvalue weighted by atomic mass is 32.1. The van der Waals surface area contributed by atoms with Gasteiger partial charge in [0.25, 0.3) is 0 Å². The van der Waals surface area contributed by atoms with E-state index in [0.717, 1.165) is 0 Å². The molecule has 0 saturated heterocycles. The van der Waals surface area contributed by atoms with Crippen molar-refractivity contribution in [1.82, 2.24) is 25.9 Å². The monoisotopic (exact) mass is 529 g/mol. The molecule has 17 heteroatoms. The Hall–Kier alpha value is -3.86. The molecule has 0 spiro atoms. The molecule has 200 valence electrons. The summed E-state index contributed by atoms with van der Waals surface area (Å²) in [4.78, 5) is 71.1. The Balaban J connectivity index is 2.99. The number of hydrogen-bond acceptors (Lipinski definition) is 9. The van der Waals surface area contributed by atoms with Crippen LogP contribution in [0.3, 0.4) is 0 Å². The number of H-pyrrole nitrogens is 1. The number of nitrogens with zero attached hydrogens (tertiary/aromatic N) is 2. The SMILES string of the molecule is NC(N)=NCCCC(NC(=O)C(N)CS)C(=O)NC(CC(=O)O)C(=O)NC(Cc1cnc[nH]1)C(=O)O. The maximum atomic E-state index is 12.9. The Morgan fingerprint density at radius 3 is 2.17 bits per heavy atom. The minimum absolute atomic E-state index is 0.00880. The van der Waals surface area contributed by atoms with Crippen molar-refractivity contribution in [2.75, 3.05) is 12.3 Å². The minimum Gasteiger partial charge on any atom is -0.481 e. The van der Waals surface area contributed by atoms with Gasteiger partial charge in [-0.1, -0.05) is 0 Å². The average Bonchev–Trinajstić information content (AvgIpc) is 3.31. The minimum atomic E-state index is -1.64. The van der Waals surface area contributed by atoms with Gasteiger partial charge in [0.2, 0.25) is 17.7 Å². The standard InChI is InChI=1S/C19H31N9O7S/c20-10(7-36)15(31)26-11(2-1-3-24-19(21)22)16(32)27-12(5-14(29)30)17(33)28-13(18(34)35)4-9-6-23-8-25-9/h6,8,10-13,36H,1-5,7,20H2,(H,23,25)(H,26,31)(H,27,32)(H,28,33)(H,29,30)(H,34,35)(H4,21,22,24). The van der Waals surface area contributed by atoms with Crippen LogP contribution in [-0.2, 0) is 30.4 Å². The van der Waals surface area contributed by atoms with Gasteiger partial charge in [0.1, 0.15) is 18.1 Å². The summed E-state index contributed by atoms with van der Waals surface area (Å²) in [6.07, 6.45) is 1.94. The lowest BCUT2D eigenvalue weighted by Gasteiger charge is -2.24. The third-order valence-corrected chi connectivity index (χ3v) is 5.11. The van der Waals surface area contributed by atoms with Gasteiger partial charge in [-0.05, 0) is 12.8 Å². The van der Waals surface area contributed by atoms with Gasteiger partial charge in [0, 0.05) is 30.6 Å². The Morgan fingerprint density at radius 1 is 1.03 bits per heavy atom. The van der Waals surface area contributed by atoms with E-state index in [0.29, 0.717) is 5.69 Å².